The van der Waals surface area contributed by atoms with Gasteiger partial charge in [-0.3, -0.25) is 0 Å². The van der Waals surface area contributed by atoms with Gasteiger partial charge in [-0.2, -0.15) is 0 Å². The van der Waals surface area contributed by atoms with Crippen LogP contribution < -0.4 is 0 Å². The Balaban J connectivity index is 1.92. The smallest absolute Gasteiger partial charge is 0.125 e. The highest BCUT2D eigenvalue weighted by molar-refractivity contribution is 5.57. The Morgan fingerprint density at radius 1 is 1.36 bits per heavy atom. The number of carbonyl (C=O) groups is 1. The van der Waals surface area contributed by atoms with Gasteiger partial charge < -0.3 is 9.53 Å². The Morgan fingerprint density at radius 2 is 2.21 bits per heavy atom. The fraction of sp³-hybridized carbons (Fsp3) is 0.750. The first-order valence-corrected chi connectivity index (χ1v) is 5.51. The van der Waals surface area contributed by atoms with Gasteiger partial charge in [0.1, 0.15) is 6.29 Å². The number of aldehydes is 1. The van der Waals surface area contributed by atoms with Crippen LogP contribution in [-0.4, -0.2) is 19.5 Å². The molecular formula is C12H16O2. The minimum atomic E-state index is 0.161. The molecule has 0 aliphatic heterocycles. The minimum absolute atomic E-state index is 0.161. The number of hydrogen-bond acceptors (Lipinski definition) is 2. The van der Waals surface area contributed by atoms with E-state index in [2.05, 4.69) is 12.2 Å². The maximum Gasteiger partial charge on any atom is 0.125 e. The second-order valence-corrected chi connectivity index (χ2v) is 4.88. The van der Waals surface area contributed by atoms with Gasteiger partial charge in [-0.05, 0) is 36.5 Å². The van der Waals surface area contributed by atoms with Crippen LogP contribution in [0, 0.1) is 29.6 Å². The van der Waals surface area contributed by atoms with E-state index in [1.165, 1.54) is 12.8 Å². The molecule has 0 radical (unpaired) electrons. The fourth-order valence-electron chi connectivity index (χ4n) is 4.09. The van der Waals surface area contributed by atoms with E-state index >= 15 is 0 Å². The molecule has 0 spiro atoms. The number of methoxy groups -OCH3 is 1. The normalized spacial score (nSPS) is 53.8. The Hall–Kier alpha value is -0.630. The number of allylic oxidation sites excluding steroid dienone is 2. The summed E-state index contributed by atoms with van der Waals surface area (Å²) >= 11 is 0. The lowest BCUT2D eigenvalue weighted by atomic mass is 9.74. The van der Waals surface area contributed by atoms with Crippen LogP contribution in [0.3, 0.4) is 0 Å². The SMILES string of the molecule is COC1C(C=O)C2CC1C1CC=CC21. The molecule has 0 amide bonds. The Bertz CT molecular complexity index is 284. The first-order chi connectivity index (χ1) is 6.86. The van der Waals surface area contributed by atoms with E-state index in [0.29, 0.717) is 17.8 Å². The molecule has 2 fully saturated rings. The molecular weight excluding hydrogens is 176 g/mol. The first kappa shape index (κ1) is 8.66. The molecule has 0 saturated heterocycles. The van der Waals surface area contributed by atoms with Crippen LogP contribution in [0.1, 0.15) is 12.8 Å². The van der Waals surface area contributed by atoms with Crippen molar-refractivity contribution >= 4 is 6.29 Å². The van der Waals surface area contributed by atoms with Crippen molar-refractivity contribution in [2.24, 2.45) is 29.6 Å². The van der Waals surface area contributed by atoms with Gasteiger partial charge in [0.2, 0.25) is 0 Å². The van der Waals surface area contributed by atoms with Crippen molar-refractivity contribution in [3.8, 4) is 0 Å². The molecule has 2 saturated carbocycles. The predicted octanol–water partition coefficient (Wildman–Crippen LogP) is 1.66. The van der Waals surface area contributed by atoms with Crippen molar-refractivity contribution in [2.45, 2.75) is 18.9 Å². The molecule has 3 rings (SSSR count). The summed E-state index contributed by atoms with van der Waals surface area (Å²) in [5, 5.41) is 0. The zero-order valence-electron chi connectivity index (χ0n) is 8.43. The van der Waals surface area contributed by atoms with Crippen LogP contribution in [0.4, 0.5) is 0 Å². The number of rotatable bonds is 2. The molecule has 0 aromatic carbocycles. The molecule has 3 aliphatic carbocycles. The van der Waals surface area contributed by atoms with Crippen molar-refractivity contribution < 1.29 is 9.53 Å². The summed E-state index contributed by atoms with van der Waals surface area (Å²) in [7, 11) is 1.75. The maximum absolute atomic E-state index is 11.1. The lowest BCUT2D eigenvalue weighted by Crippen LogP contribution is -2.38. The molecule has 76 valence electrons. The van der Waals surface area contributed by atoms with E-state index in [1.807, 2.05) is 0 Å². The van der Waals surface area contributed by atoms with Crippen LogP contribution in [0.15, 0.2) is 12.2 Å². The quantitative estimate of drug-likeness (QED) is 0.491. The third kappa shape index (κ3) is 0.876. The number of fused-ring (bicyclic) bond motifs is 5. The third-order valence-corrected chi connectivity index (χ3v) is 4.57. The highest BCUT2D eigenvalue weighted by Crippen LogP contribution is 2.59. The van der Waals surface area contributed by atoms with E-state index < -0.39 is 0 Å². The van der Waals surface area contributed by atoms with Crippen molar-refractivity contribution in [2.75, 3.05) is 7.11 Å². The van der Waals surface area contributed by atoms with Crippen molar-refractivity contribution in [3.63, 3.8) is 0 Å². The van der Waals surface area contributed by atoms with Crippen molar-refractivity contribution in [1.82, 2.24) is 0 Å². The Morgan fingerprint density at radius 3 is 2.93 bits per heavy atom. The van der Waals surface area contributed by atoms with Gasteiger partial charge in [-0.1, -0.05) is 12.2 Å². The van der Waals surface area contributed by atoms with Gasteiger partial charge in [0.15, 0.2) is 0 Å². The van der Waals surface area contributed by atoms with Crippen LogP contribution in [0.5, 0.6) is 0 Å². The van der Waals surface area contributed by atoms with E-state index in [4.69, 9.17) is 4.74 Å². The van der Waals surface area contributed by atoms with E-state index in [1.54, 1.807) is 7.11 Å². The second kappa shape index (κ2) is 2.93. The average molecular weight is 192 g/mol. The first-order valence-electron chi connectivity index (χ1n) is 5.51. The van der Waals surface area contributed by atoms with E-state index in [-0.39, 0.29) is 12.0 Å². The molecule has 0 N–H and O–H groups in total. The van der Waals surface area contributed by atoms with E-state index in [9.17, 15) is 4.79 Å². The molecule has 3 aliphatic rings. The maximum atomic E-state index is 11.1. The zero-order valence-corrected chi connectivity index (χ0v) is 8.43. The van der Waals surface area contributed by atoms with Crippen molar-refractivity contribution in [3.05, 3.63) is 12.2 Å². The lowest BCUT2D eigenvalue weighted by Gasteiger charge is -2.34. The van der Waals surface area contributed by atoms with E-state index in [0.717, 1.165) is 12.2 Å². The number of hydrogen-bond donors (Lipinski definition) is 0. The third-order valence-electron chi connectivity index (χ3n) is 4.57. The molecule has 2 nitrogen and oxygen atoms in total. The summed E-state index contributed by atoms with van der Waals surface area (Å²) in [6.45, 7) is 0. The average Bonchev–Trinajstić information content (AvgIpc) is 2.86. The van der Waals surface area contributed by atoms with Crippen molar-refractivity contribution in [1.29, 1.82) is 0 Å². The summed E-state index contributed by atoms with van der Waals surface area (Å²) in [6, 6.07) is 0. The molecule has 2 bridgehead atoms. The molecule has 6 atom stereocenters. The van der Waals surface area contributed by atoms with Gasteiger partial charge in [0.05, 0.1) is 6.10 Å². The monoisotopic (exact) mass is 192 g/mol. The molecule has 2 heteroatoms. The topological polar surface area (TPSA) is 26.3 Å². The van der Waals surface area contributed by atoms with Crippen LogP contribution in [0.25, 0.3) is 0 Å². The van der Waals surface area contributed by atoms with Gasteiger partial charge in [-0.15, -0.1) is 0 Å². The second-order valence-electron chi connectivity index (χ2n) is 4.88. The van der Waals surface area contributed by atoms with Crippen LogP contribution in [-0.2, 0) is 9.53 Å². The van der Waals surface area contributed by atoms with Crippen LogP contribution >= 0.6 is 0 Å². The zero-order chi connectivity index (χ0) is 9.71. The predicted molar refractivity (Wildman–Crippen MR) is 52.7 cm³/mol. The largest absolute Gasteiger partial charge is 0.380 e. The number of ether oxygens (including phenoxy) is 1. The molecule has 6 unspecified atom stereocenters. The highest BCUT2D eigenvalue weighted by atomic mass is 16.5. The highest BCUT2D eigenvalue weighted by Gasteiger charge is 2.58. The fourth-order valence-corrected chi connectivity index (χ4v) is 4.09. The standard InChI is InChI=1S/C12H16O2/c1-14-12-10-5-9(11(12)6-13)7-3-2-4-8(7)10/h2-3,6-12H,4-5H2,1H3. The summed E-state index contributed by atoms with van der Waals surface area (Å²) < 4.78 is 5.50. The number of carbonyl (C=O) groups excluding carboxylic acids is 1. The summed E-state index contributed by atoms with van der Waals surface area (Å²) in [5.74, 6) is 2.84. The summed E-state index contributed by atoms with van der Waals surface area (Å²) in [6.07, 6.45) is 8.37. The van der Waals surface area contributed by atoms with Gasteiger partial charge in [0, 0.05) is 13.0 Å². The summed E-state index contributed by atoms with van der Waals surface area (Å²) in [4.78, 5) is 11.1. The van der Waals surface area contributed by atoms with Gasteiger partial charge in [0.25, 0.3) is 0 Å². The Kier molecular flexibility index (Phi) is 1.81. The van der Waals surface area contributed by atoms with Gasteiger partial charge in [-0.25, -0.2) is 0 Å². The van der Waals surface area contributed by atoms with Gasteiger partial charge >= 0.3 is 0 Å². The molecule has 14 heavy (non-hydrogen) atoms. The summed E-state index contributed by atoms with van der Waals surface area (Å²) in [5.41, 5.74) is 0. The van der Waals surface area contributed by atoms with Crippen LogP contribution in [0.2, 0.25) is 0 Å². The molecule has 0 aromatic heterocycles. The molecule has 0 heterocycles. The molecule has 0 aromatic rings. The Labute approximate surface area is 84.3 Å². The minimum Gasteiger partial charge on any atom is -0.380 e. The lowest BCUT2D eigenvalue weighted by molar-refractivity contribution is -0.119.